The largest absolute Gasteiger partial charge is 0.504 e. The van der Waals surface area contributed by atoms with Crippen molar-refractivity contribution in [3.05, 3.63) is 146 Å². The maximum Gasteiger partial charge on any atom is 0.165 e. The number of benzene rings is 5. The van der Waals surface area contributed by atoms with E-state index in [0.29, 0.717) is 17.9 Å². The van der Waals surface area contributed by atoms with E-state index < -0.39 is 0 Å². The Morgan fingerprint density at radius 3 is 2.34 bits per heavy atom. The van der Waals surface area contributed by atoms with Crippen molar-refractivity contribution < 1.29 is 14.9 Å². The Bertz CT molecular complexity index is 2690. The number of hydrogen-bond acceptors (Lipinski definition) is 10. The summed E-state index contributed by atoms with van der Waals surface area (Å²) < 4.78 is 6.15. The van der Waals surface area contributed by atoms with Gasteiger partial charge in [-0.05, 0) is 117 Å². The molecule has 1 aliphatic carbocycles. The van der Waals surface area contributed by atoms with Crippen molar-refractivity contribution in [3.8, 4) is 34.1 Å². The second-order valence-corrected chi connectivity index (χ2v) is 19.2. The number of halogens is 1. The molecule has 6 aliphatic rings. The molecule has 0 bridgehead atoms. The van der Waals surface area contributed by atoms with Gasteiger partial charge in [-0.3, -0.25) is 4.90 Å². The Morgan fingerprint density at radius 2 is 1.50 bits per heavy atom. The van der Waals surface area contributed by atoms with E-state index in [2.05, 4.69) is 126 Å². The summed E-state index contributed by atoms with van der Waals surface area (Å²) >= 11 is 8.01. The third kappa shape index (κ3) is 7.62. The number of phenols is 2. The molecule has 5 aromatic carbocycles. The summed E-state index contributed by atoms with van der Waals surface area (Å²) in [6.07, 6.45) is 1.94. The molecule has 9 nitrogen and oxygen atoms in total. The van der Waals surface area contributed by atoms with Gasteiger partial charge in [0.2, 0.25) is 0 Å². The van der Waals surface area contributed by atoms with Crippen LogP contribution in [0.4, 0.5) is 16.4 Å². The molecule has 318 valence electrons. The number of phenolic OH excluding ortho intramolecular Hbond substituents is 2. The molecule has 0 amide bonds. The molecule has 12 rings (SSSR count). The average molecular weight is 866 g/mol. The minimum absolute atomic E-state index is 0.0163. The van der Waals surface area contributed by atoms with Crippen LogP contribution in [0.1, 0.15) is 56.1 Å². The maximum atomic E-state index is 10.3. The van der Waals surface area contributed by atoms with Crippen LogP contribution in [0.2, 0.25) is 5.02 Å². The second-order valence-electron chi connectivity index (χ2n) is 17.5. The van der Waals surface area contributed by atoms with Crippen molar-refractivity contribution in [2.75, 3.05) is 72.3 Å². The number of aliphatic imine (C=N–C) groups is 1. The van der Waals surface area contributed by atoms with Crippen LogP contribution in [0.15, 0.2) is 108 Å². The van der Waals surface area contributed by atoms with Crippen molar-refractivity contribution >= 4 is 45.1 Å². The summed E-state index contributed by atoms with van der Waals surface area (Å²) in [4.78, 5) is 15.9. The number of fused-ring (bicyclic) bond motifs is 9. The Balaban J connectivity index is 0.000000111. The lowest BCUT2D eigenvalue weighted by molar-refractivity contribution is 0.216. The maximum absolute atomic E-state index is 10.3. The normalized spacial score (nSPS) is 20.8. The van der Waals surface area contributed by atoms with E-state index in [0.717, 1.165) is 109 Å². The first-order chi connectivity index (χ1) is 30.1. The van der Waals surface area contributed by atoms with Crippen molar-refractivity contribution in [2.24, 2.45) is 4.99 Å². The van der Waals surface area contributed by atoms with Crippen LogP contribution in [0.5, 0.6) is 23.0 Å². The molecule has 3 unspecified atom stereocenters. The molecular weight excluding hydrogens is 812 g/mol. The van der Waals surface area contributed by atoms with Crippen LogP contribution < -0.4 is 10.1 Å². The number of anilines is 2. The van der Waals surface area contributed by atoms with Gasteiger partial charge in [0, 0.05) is 84.7 Å². The van der Waals surface area contributed by atoms with Gasteiger partial charge in [-0.2, -0.15) is 0 Å². The summed E-state index contributed by atoms with van der Waals surface area (Å²) in [6, 6.07) is 35.1. The number of rotatable bonds is 0. The monoisotopic (exact) mass is 864 g/mol. The lowest BCUT2D eigenvalue weighted by atomic mass is 9.77. The Hall–Kier alpha value is -5.36. The fraction of sp³-hybridized carbons (Fsp3) is 0.314. The van der Waals surface area contributed by atoms with Crippen LogP contribution in [0.3, 0.4) is 0 Å². The molecule has 0 saturated carbocycles. The summed E-state index contributed by atoms with van der Waals surface area (Å²) in [5, 5.41) is 25.6. The highest BCUT2D eigenvalue weighted by Gasteiger charge is 2.39. The number of likely N-dealkylation sites (tertiary alicyclic amines) is 1. The van der Waals surface area contributed by atoms with Gasteiger partial charge in [0.25, 0.3) is 0 Å². The van der Waals surface area contributed by atoms with Gasteiger partial charge in [-0.25, -0.2) is 4.99 Å². The van der Waals surface area contributed by atoms with E-state index in [1.807, 2.05) is 24.3 Å². The third-order valence-corrected chi connectivity index (χ3v) is 14.6. The number of hydrogen-bond donors (Lipinski definition) is 3. The standard InChI is InChI=1S/C17H16ClNO.C17H20N4S.C17H17NO2/c1-19-9-14-12-4-2-3-5-16(12)20-17-7-6-11(18)8-13(17)15(14)10-19;1-12-11-13-16(21-9-7-20(2)8-10-21)18-14-5-3-4-6-15(14)19-17(13)22-12;1-18-8-7-10-3-2-4-12-15(10)13(18)9-11-5-6-14(19)17(20)16(11)12/h2-8,14-15H,9-10H2,1H3;3-6,11,19H,7-10H2,1-2H3;2-6,13,19-20H,7-9H2,1H3. The van der Waals surface area contributed by atoms with Gasteiger partial charge in [-0.1, -0.05) is 66.2 Å². The van der Waals surface area contributed by atoms with Gasteiger partial charge >= 0.3 is 0 Å². The molecule has 3 N–H and O–H groups in total. The predicted molar refractivity (Wildman–Crippen MR) is 253 cm³/mol. The predicted octanol–water partition coefficient (Wildman–Crippen LogP) is 10.5. The molecule has 62 heavy (non-hydrogen) atoms. The number of thiophene rings is 1. The quantitative estimate of drug-likeness (QED) is 0.130. The van der Waals surface area contributed by atoms with Gasteiger partial charge in [-0.15, -0.1) is 11.3 Å². The number of likely N-dealkylation sites (N-methyl/N-ethyl adjacent to an activating group) is 3. The molecule has 0 spiro atoms. The number of ether oxygens (including phenoxy) is 1. The molecule has 5 aliphatic heterocycles. The summed E-state index contributed by atoms with van der Waals surface area (Å²) in [6.45, 7) is 9.60. The lowest BCUT2D eigenvalue weighted by Crippen LogP contribution is -2.47. The highest BCUT2D eigenvalue weighted by molar-refractivity contribution is 7.16. The topological polar surface area (TPSA) is 87.0 Å². The molecule has 6 aromatic rings. The minimum atomic E-state index is -0.0380. The summed E-state index contributed by atoms with van der Waals surface area (Å²) in [7, 11) is 6.53. The molecular formula is C51H53ClN6O3S. The first-order valence-electron chi connectivity index (χ1n) is 21.7. The molecule has 1 aromatic heterocycles. The number of nitrogens with zero attached hydrogens (tertiary/aromatic N) is 5. The second kappa shape index (κ2) is 16.7. The van der Waals surface area contributed by atoms with Crippen LogP contribution in [0, 0.1) is 6.92 Å². The number of amidine groups is 1. The zero-order valence-electron chi connectivity index (χ0n) is 35.7. The van der Waals surface area contributed by atoms with E-state index in [4.69, 9.17) is 21.3 Å². The number of para-hydroxylation sites is 3. The van der Waals surface area contributed by atoms with Crippen molar-refractivity contribution in [1.29, 1.82) is 0 Å². The van der Waals surface area contributed by atoms with Gasteiger partial charge in [0.1, 0.15) is 22.3 Å². The van der Waals surface area contributed by atoms with Crippen LogP contribution in [-0.4, -0.2) is 103 Å². The smallest absolute Gasteiger partial charge is 0.165 e. The van der Waals surface area contributed by atoms with Gasteiger partial charge in [0.05, 0.1) is 16.9 Å². The average Bonchev–Trinajstić information content (AvgIpc) is 3.77. The first-order valence-corrected chi connectivity index (χ1v) is 22.9. The SMILES string of the molecule is CN1CC2c3ccccc3Oc3ccc(Cl)cc3C2C1.CN1CCc2cccc3c2C1Cc1ccc(O)c(O)c1-3.Cc1cc2c(s1)Nc1ccccc1N=C2N1CCN(C)CC1. The van der Waals surface area contributed by atoms with Crippen LogP contribution >= 0.6 is 22.9 Å². The fourth-order valence-corrected chi connectivity index (χ4v) is 11.3. The van der Waals surface area contributed by atoms with Crippen molar-refractivity contribution in [3.63, 3.8) is 0 Å². The number of aryl methyl sites for hydroxylation is 1. The van der Waals surface area contributed by atoms with E-state index in [1.165, 1.54) is 37.7 Å². The highest BCUT2D eigenvalue weighted by atomic mass is 35.5. The zero-order chi connectivity index (χ0) is 42.6. The van der Waals surface area contributed by atoms with Crippen LogP contribution in [-0.2, 0) is 12.8 Å². The lowest BCUT2D eigenvalue weighted by Gasteiger charge is -2.39. The van der Waals surface area contributed by atoms with E-state index in [9.17, 15) is 10.2 Å². The molecule has 2 fully saturated rings. The Labute approximate surface area is 373 Å². The third-order valence-electron chi connectivity index (χ3n) is 13.4. The molecule has 0 radical (unpaired) electrons. The van der Waals surface area contributed by atoms with E-state index in [-0.39, 0.29) is 11.5 Å². The van der Waals surface area contributed by atoms with E-state index >= 15 is 0 Å². The molecule has 6 heterocycles. The number of piperazine rings is 1. The first kappa shape index (κ1) is 40.7. The fourth-order valence-electron chi connectivity index (χ4n) is 10.2. The zero-order valence-corrected chi connectivity index (χ0v) is 37.3. The van der Waals surface area contributed by atoms with Crippen LogP contribution in [0.25, 0.3) is 11.1 Å². The van der Waals surface area contributed by atoms with Gasteiger partial charge < -0.3 is 35.0 Å². The summed E-state index contributed by atoms with van der Waals surface area (Å²) in [5.41, 5.74) is 11.6. The van der Waals surface area contributed by atoms with Crippen molar-refractivity contribution in [1.82, 2.24) is 19.6 Å². The van der Waals surface area contributed by atoms with Crippen molar-refractivity contribution in [2.45, 2.75) is 37.6 Å². The van der Waals surface area contributed by atoms with E-state index in [1.54, 1.807) is 17.4 Å². The number of aromatic hydroxyl groups is 2. The highest BCUT2D eigenvalue weighted by Crippen LogP contribution is 2.51. The summed E-state index contributed by atoms with van der Waals surface area (Å²) in [5.74, 6) is 3.97. The Kier molecular flexibility index (Phi) is 11.0. The molecule has 3 atom stereocenters. The molecule has 2 saturated heterocycles. The number of nitrogens with one attached hydrogen (secondary N) is 1. The Morgan fingerprint density at radius 1 is 0.742 bits per heavy atom. The molecule has 11 heteroatoms. The minimum Gasteiger partial charge on any atom is -0.504 e. The van der Waals surface area contributed by atoms with Gasteiger partial charge in [0.15, 0.2) is 11.5 Å².